The summed E-state index contributed by atoms with van der Waals surface area (Å²) in [5.74, 6) is 0.608. The van der Waals surface area contributed by atoms with Crippen LogP contribution in [0.15, 0.2) is 0 Å². The number of carbonyl (C=O) groups is 1. The van der Waals surface area contributed by atoms with Crippen molar-refractivity contribution in [1.82, 2.24) is 10.2 Å². The molecule has 5 heteroatoms. The van der Waals surface area contributed by atoms with E-state index in [1.807, 2.05) is 6.92 Å². The lowest BCUT2D eigenvalue weighted by Crippen LogP contribution is -2.43. The molecule has 19 heavy (non-hydrogen) atoms. The number of nitrogens with two attached hydrogens (primary N) is 1. The highest BCUT2D eigenvalue weighted by Crippen LogP contribution is 2.01. The molecule has 0 aromatic rings. The van der Waals surface area contributed by atoms with Gasteiger partial charge in [-0.15, -0.1) is 0 Å². The number of rotatable bonds is 10. The van der Waals surface area contributed by atoms with Crippen LogP contribution >= 0.6 is 12.2 Å². The summed E-state index contributed by atoms with van der Waals surface area (Å²) in [6, 6.07) is 0.244. The average Bonchev–Trinajstić information content (AvgIpc) is 2.25. The summed E-state index contributed by atoms with van der Waals surface area (Å²) in [4.78, 5) is 14.6. The van der Waals surface area contributed by atoms with Gasteiger partial charge in [-0.05, 0) is 19.3 Å². The number of nitrogens with one attached hydrogen (secondary N) is 1. The smallest absolute Gasteiger partial charge is 0.234 e. The van der Waals surface area contributed by atoms with Crippen molar-refractivity contribution in [3.63, 3.8) is 0 Å². The molecular weight excluding hydrogens is 258 g/mol. The van der Waals surface area contributed by atoms with Crippen LogP contribution in [-0.4, -0.2) is 41.5 Å². The molecule has 0 rings (SSSR count). The number of nitrogens with zero attached hydrogens (tertiary/aromatic N) is 1. The predicted molar refractivity (Wildman–Crippen MR) is 85.2 cm³/mol. The molecule has 0 spiro atoms. The van der Waals surface area contributed by atoms with Gasteiger partial charge in [-0.25, -0.2) is 0 Å². The van der Waals surface area contributed by atoms with Crippen LogP contribution in [0.2, 0.25) is 0 Å². The molecule has 1 amide bonds. The number of amides is 1. The first kappa shape index (κ1) is 18.3. The molecule has 0 bridgehead atoms. The van der Waals surface area contributed by atoms with E-state index in [1.165, 1.54) is 0 Å². The van der Waals surface area contributed by atoms with Gasteiger partial charge in [0.25, 0.3) is 0 Å². The Kier molecular flexibility index (Phi) is 9.79. The van der Waals surface area contributed by atoms with Gasteiger partial charge in [-0.1, -0.05) is 39.4 Å². The Hall–Kier alpha value is -0.680. The van der Waals surface area contributed by atoms with E-state index in [1.54, 1.807) is 0 Å². The molecule has 0 fully saturated rings. The molecule has 3 N–H and O–H groups in total. The molecule has 112 valence electrons. The van der Waals surface area contributed by atoms with Crippen LogP contribution < -0.4 is 11.1 Å². The quantitative estimate of drug-likeness (QED) is 0.603. The summed E-state index contributed by atoms with van der Waals surface area (Å²) in [6.07, 6.45) is 2.77. The fourth-order valence-corrected chi connectivity index (χ4v) is 2.14. The van der Waals surface area contributed by atoms with Crippen LogP contribution in [0.1, 0.15) is 47.0 Å². The van der Waals surface area contributed by atoms with Crippen molar-refractivity contribution in [1.29, 1.82) is 0 Å². The van der Waals surface area contributed by atoms with E-state index in [0.717, 1.165) is 25.9 Å². The third kappa shape index (κ3) is 10.9. The van der Waals surface area contributed by atoms with Crippen molar-refractivity contribution in [2.75, 3.05) is 19.6 Å². The van der Waals surface area contributed by atoms with Gasteiger partial charge in [-0.2, -0.15) is 0 Å². The normalized spacial score (nSPS) is 12.7. The van der Waals surface area contributed by atoms with Gasteiger partial charge < -0.3 is 11.1 Å². The van der Waals surface area contributed by atoms with Gasteiger partial charge in [0.2, 0.25) is 5.91 Å². The van der Waals surface area contributed by atoms with Crippen molar-refractivity contribution in [2.24, 2.45) is 11.7 Å². The standard InChI is InChI=1S/C14H29N3OS/c1-5-6-12(4)16-14(18)10-17(9-11(2)3)8-7-13(15)19/h11-12H,5-10H2,1-4H3,(H2,15,19)(H,16,18). The first-order chi connectivity index (χ1) is 8.85. The minimum atomic E-state index is 0.0875. The van der Waals surface area contributed by atoms with Crippen LogP contribution in [0.5, 0.6) is 0 Å². The molecule has 4 nitrogen and oxygen atoms in total. The zero-order valence-electron chi connectivity index (χ0n) is 12.7. The van der Waals surface area contributed by atoms with Crippen molar-refractivity contribution >= 4 is 23.1 Å². The van der Waals surface area contributed by atoms with E-state index >= 15 is 0 Å². The van der Waals surface area contributed by atoms with E-state index < -0.39 is 0 Å². The van der Waals surface area contributed by atoms with Crippen molar-refractivity contribution in [3.8, 4) is 0 Å². The second-order valence-corrected chi connectivity index (χ2v) is 6.13. The molecule has 0 aliphatic carbocycles. The lowest BCUT2D eigenvalue weighted by Gasteiger charge is -2.24. The van der Waals surface area contributed by atoms with Crippen LogP contribution in [-0.2, 0) is 4.79 Å². The summed E-state index contributed by atoms with van der Waals surface area (Å²) in [7, 11) is 0. The van der Waals surface area contributed by atoms with E-state index in [4.69, 9.17) is 18.0 Å². The van der Waals surface area contributed by atoms with Crippen LogP contribution in [0.4, 0.5) is 0 Å². The van der Waals surface area contributed by atoms with E-state index in [2.05, 4.69) is 31.0 Å². The van der Waals surface area contributed by atoms with Crippen LogP contribution in [0.25, 0.3) is 0 Å². The third-order valence-corrected chi connectivity index (χ3v) is 3.00. The Morgan fingerprint density at radius 1 is 1.37 bits per heavy atom. The Morgan fingerprint density at radius 3 is 2.47 bits per heavy atom. The van der Waals surface area contributed by atoms with Gasteiger partial charge in [0.1, 0.15) is 0 Å². The second-order valence-electron chi connectivity index (χ2n) is 5.60. The molecule has 0 aliphatic rings. The third-order valence-electron chi connectivity index (χ3n) is 2.79. The maximum absolute atomic E-state index is 11.9. The highest BCUT2D eigenvalue weighted by molar-refractivity contribution is 7.80. The first-order valence-electron chi connectivity index (χ1n) is 7.15. The molecule has 1 atom stereocenters. The highest BCUT2D eigenvalue weighted by atomic mass is 32.1. The monoisotopic (exact) mass is 287 g/mol. The lowest BCUT2D eigenvalue weighted by atomic mass is 10.2. The fraction of sp³-hybridized carbons (Fsp3) is 0.857. The molecule has 0 saturated carbocycles. The van der Waals surface area contributed by atoms with Gasteiger partial charge in [-0.3, -0.25) is 9.69 Å². The zero-order chi connectivity index (χ0) is 14.8. The Labute approximate surface area is 123 Å². The highest BCUT2D eigenvalue weighted by Gasteiger charge is 2.14. The summed E-state index contributed by atoms with van der Waals surface area (Å²) in [6.45, 7) is 10.5. The molecule has 0 saturated heterocycles. The van der Waals surface area contributed by atoms with E-state index in [-0.39, 0.29) is 11.9 Å². The molecule has 1 unspecified atom stereocenters. The Balaban J connectivity index is 4.21. The first-order valence-corrected chi connectivity index (χ1v) is 7.56. The average molecular weight is 287 g/mol. The Bertz CT molecular complexity index is 282. The zero-order valence-corrected chi connectivity index (χ0v) is 13.6. The molecule has 0 aromatic heterocycles. The van der Waals surface area contributed by atoms with E-state index in [9.17, 15) is 4.79 Å². The van der Waals surface area contributed by atoms with Gasteiger partial charge in [0, 0.05) is 25.6 Å². The van der Waals surface area contributed by atoms with Gasteiger partial charge in [0.05, 0.1) is 11.5 Å². The lowest BCUT2D eigenvalue weighted by molar-refractivity contribution is -0.123. The van der Waals surface area contributed by atoms with Crippen molar-refractivity contribution in [3.05, 3.63) is 0 Å². The Morgan fingerprint density at radius 2 is 2.00 bits per heavy atom. The molecule has 0 radical (unpaired) electrons. The maximum atomic E-state index is 11.9. The minimum absolute atomic E-state index is 0.0875. The van der Waals surface area contributed by atoms with Crippen molar-refractivity contribution < 1.29 is 4.79 Å². The van der Waals surface area contributed by atoms with Gasteiger partial charge >= 0.3 is 0 Å². The van der Waals surface area contributed by atoms with Crippen LogP contribution in [0, 0.1) is 5.92 Å². The topological polar surface area (TPSA) is 58.4 Å². The van der Waals surface area contributed by atoms with Crippen LogP contribution in [0.3, 0.4) is 0 Å². The number of hydrogen-bond donors (Lipinski definition) is 2. The second kappa shape index (κ2) is 10.1. The maximum Gasteiger partial charge on any atom is 0.234 e. The van der Waals surface area contributed by atoms with Crippen molar-refractivity contribution in [2.45, 2.75) is 53.0 Å². The van der Waals surface area contributed by atoms with E-state index in [0.29, 0.717) is 23.9 Å². The molecular formula is C14H29N3OS. The van der Waals surface area contributed by atoms with Gasteiger partial charge in [0.15, 0.2) is 0 Å². The molecule has 0 heterocycles. The molecule has 0 aliphatic heterocycles. The number of carbonyl (C=O) groups excluding carboxylic acids is 1. The minimum Gasteiger partial charge on any atom is -0.393 e. The molecule has 0 aromatic carbocycles. The summed E-state index contributed by atoms with van der Waals surface area (Å²) >= 11 is 4.90. The number of thiocarbonyl (C=S) groups is 1. The summed E-state index contributed by atoms with van der Waals surface area (Å²) < 4.78 is 0. The summed E-state index contributed by atoms with van der Waals surface area (Å²) in [5.41, 5.74) is 5.53. The summed E-state index contributed by atoms with van der Waals surface area (Å²) in [5, 5.41) is 3.03. The SMILES string of the molecule is CCCC(C)NC(=O)CN(CCC(N)=S)CC(C)C. The largest absolute Gasteiger partial charge is 0.393 e. The fourth-order valence-electron chi connectivity index (χ4n) is 2.05. The number of hydrogen-bond acceptors (Lipinski definition) is 3. The predicted octanol–water partition coefficient (Wildman–Crippen LogP) is 1.93.